The normalized spacial score (nSPS) is 15.5. The van der Waals surface area contributed by atoms with E-state index >= 15 is 0 Å². The minimum Gasteiger partial charge on any atom is -0.173 e. The van der Waals surface area contributed by atoms with Gasteiger partial charge in [-0.3, -0.25) is 0 Å². The maximum Gasteiger partial charge on any atom is 0.105 e. The van der Waals surface area contributed by atoms with Crippen LogP contribution in [0.4, 0.5) is 0 Å². The second-order valence-electron chi connectivity index (χ2n) is 2.28. The smallest absolute Gasteiger partial charge is 0.105 e. The highest BCUT2D eigenvalue weighted by atomic mass is 32.1. The van der Waals surface area contributed by atoms with E-state index in [0.29, 0.717) is 0 Å². The van der Waals surface area contributed by atoms with Crippen molar-refractivity contribution in [2.75, 3.05) is 0 Å². The molecule has 0 fully saturated rings. The van der Waals surface area contributed by atoms with E-state index in [9.17, 15) is 0 Å². The van der Waals surface area contributed by atoms with Crippen LogP contribution in [0.15, 0.2) is 11.0 Å². The fourth-order valence-corrected chi connectivity index (χ4v) is 1.67. The fourth-order valence-electron chi connectivity index (χ4n) is 0.926. The Balaban J connectivity index is 2.55. The summed E-state index contributed by atoms with van der Waals surface area (Å²) in [7, 11) is 0. The Morgan fingerprint density at radius 3 is 3.09 bits per heavy atom. The Morgan fingerprint density at radius 1 is 1.36 bits per heavy atom. The predicted octanol–water partition coefficient (Wildman–Crippen LogP) is 2.23. The number of hydrogen-bond acceptors (Lipinski definition) is 4. The van der Waals surface area contributed by atoms with Gasteiger partial charge < -0.3 is 0 Å². The standard InChI is InChI=1S/C7H6N2S2/c10-5-2-1-3-6-7(4-5)9-11-8-6/h1,3-4,10H,2H2. The summed E-state index contributed by atoms with van der Waals surface area (Å²) in [4.78, 5) is 1.03. The molecule has 2 nitrogen and oxygen atoms in total. The number of allylic oxidation sites excluding steroid dienone is 2. The van der Waals surface area contributed by atoms with E-state index < -0.39 is 0 Å². The highest BCUT2D eigenvalue weighted by Gasteiger charge is 2.04. The van der Waals surface area contributed by atoms with Gasteiger partial charge in [-0.15, -0.1) is 12.6 Å². The van der Waals surface area contributed by atoms with E-state index in [0.717, 1.165) is 22.7 Å². The van der Waals surface area contributed by atoms with Crippen molar-refractivity contribution in [3.05, 3.63) is 22.4 Å². The number of aromatic nitrogens is 2. The van der Waals surface area contributed by atoms with Crippen LogP contribution in [0.2, 0.25) is 0 Å². The first-order chi connectivity index (χ1) is 5.36. The second kappa shape index (κ2) is 2.79. The molecule has 0 saturated heterocycles. The molecule has 11 heavy (non-hydrogen) atoms. The van der Waals surface area contributed by atoms with Crippen LogP contribution in [0, 0.1) is 0 Å². The summed E-state index contributed by atoms with van der Waals surface area (Å²) < 4.78 is 8.24. The Hall–Kier alpha value is -0.610. The van der Waals surface area contributed by atoms with E-state index in [2.05, 4.69) is 21.4 Å². The predicted molar refractivity (Wildman–Crippen MR) is 50.5 cm³/mol. The van der Waals surface area contributed by atoms with Gasteiger partial charge >= 0.3 is 0 Å². The average molecular weight is 182 g/mol. The first-order valence-corrected chi connectivity index (χ1v) is 4.42. The summed E-state index contributed by atoms with van der Waals surface area (Å²) in [5.74, 6) is 0. The molecule has 0 saturated carbocycles. The molecule has 0 unspecified atom stereocenters. The van der Waals surface area contributed by atoms with E-state index in [-0.39, 0.29) is 0 Å². The third-order valence-electron chi connectivity index (χ3n) is 1.45. The van der Waals surface area contributed by atoms with Crippen molar-refractivity contribution in [1.82, 2.24) is 8.75 Å². The highest BCUT2D eigenvalue weighted by molar-refractivity contribution is 7.84. The van der Waals surface area contributed by atoms with Gasteiger partial charge in [0.25, 0.3) is 0 Å². The zero-order valence-corrected chi connectivity index (χ0v) is 7.40. The first kappa shape index (κ1) is 7.06. The second-order valence-corrected chi connectivity index (χ2v) is 3.38. The Labute approximate surface area is 74.4 Å². The van der Waals surface area contributed by atoms with Gasteiger partial charge in [0.2, 0.25) is 0 Å². The summed E-state index contributed by atoms with van der Waals surface area (Å²) in [6, 6.07) is 0. The molecule has 0 radical (unpaired) electrons. The molecule has 1 aliphatic rings. The minimum absolute atomic E-state index is 0.881. The van der Waals surface area contributed by atoms with Gasteiger partial charge in [-0.1, -0.05) is 6.08 Å². The number of fused-ring (bicyclic) bond motifs is 1. The van der Waals surface area contributed by atoms with Crippen LogP contribution in [0.5, 0.6) is 0 Å². The van der Waals surface area contributed by atoms with Crippen molar-refractivity contribution in [2.24, 2.45) is 0 Å². The van der Waals surface area contributed by atoms with E-state index in [1.165, 1.54) is 11.7 Å². The lowest BCUT2D eigenvalue weighted by molar-refractivity contribution is 1.40. The molecule has 1 aromatic rings. The molecule has 1 aliphatic carbocycles. The fraction of sp³-hybridized carbons (Fsp3) is 0.143. The zero-order chi connectivity index (χ0) is 7.68. The third kappa shape index (κ3) is 1.36. The van der Waals surface area contributed by atoms with Gasteiger partial charge in [0.05, 0.1) is 11.7 Å². The molecule has 0 spiro atoms. The summed E-state index contributed by atoms with van der Waals surface area (Å²) in [5, 5.41) is 0. The Bertz CT molecular complexity index is 325. The number of thiol groups is 1. The van der Waals surface area contributed by atoms with E-state index in [1.807, 2.05) is 18.2 Å². The van der Waals surface area contributed by atoms with Crippen LogP contribution in [0.25, 0.3) is 12.2 Å². The van der Waals surface area contributed by atoms with Crippen molar-refractivity contribution in [1.29, 1.82) is 0 Å². The van der Waals surface area contributed by atoms with Crippen molar-refractivity contribution in [2.45, 2.75) is 6.42 Å². The maximum absolute atomic E-state index is 4.28. The van der Waals surface area contributed by atoms with Crippen LogP contribution in [0.1, 0.15) is 17.8 Å². The average Bonchev–Trinajstić information content (AvgIpc) is 2.31. The SMILES string of the molecule is SC1=Cc2nsnc2C=CC1. The molecule has 0 N–H and O–H groups in total. The Morgan fingerprint density at radius 2 is 2.18 bits per heavy atom. The monoisotopic (exact) mass is 182 g/mol. The lowest BCUT2D eigenvalue weighted by atomic mass is 10.3. The van der Waals surface area contributed by atoms with Crippen LogP contribution in [-0.4, -0.2) is 8.75 Å². The summed E-state index contributed by atoms with van der Waals surface area (Å²) in [6.45, 7) is 0. The van der Waals surface area contributed by atoms with Gasteiger partial charge in [0, 0.05) is 0 Å². The topological polar surface area (TPSA) is 25.8 Å². The molecule has 2 rings (SSSR count). The highest BCUT2D eigenvalue weighted by Crippen LogP contribution is 2.20. The van der Waals surface area contributed by atoms with Gasteiger partial charge in [-0.2, -0.15) is 8.75 Å². The van der Waals surface area contributed by atoms with Gasteiger partial charge in [0.1, 0.15) is 11.4 Å². The summed E-state index contributed by atoms with van der Waals surface area (Å²) in [6.07, 6.45) is 6.87. The van der Waals surface area contributed by atoms with Crippen LogP contribution in [-0.2, 0) is 0 Å². The van der Waals surface area contributed by atoms with E-state index in [1.54, 1.807) is 0 Å². The van der Waals surface area contributed by atoms with Gasteiger partial charge in [-0.25, -0.2) is 0 Å². The molecular formula is C7H6N2S2. The number of hydrogen-bond donors (Lipinski definition) is 1. The van der Waals surface area contributed by atoms with E-state index in [4.69, 9.17) is 0 Å². The molecule has 1 aromatic heterocycles. The molecule has 0 aromatic carbocycles. The minimum atomic E-state index is 0.881. The number of rotatable bonds is 0. The van der Waals surface area contributed by atoms with Crippen LogP contribution >= 0.6 is 24.4 Å². The molecule has 1 heterocycles. The summed E-state index contributed by atoms with van der Waals surface area (Å²) >= 11 is 5.51. The molecule has 0 aliphatic heterocycles. The lowest BCUT2D eigenvalue weighted by Crippen LogP contribution is -1.74. The number of nitrogens with zero attached hydrogens (tertiary/aromatic N) is 2. The Kier molecular flexibility index (Phi) is 1.79. The quantitative estimate of drug-likeness (QED) is 0.622. The van der Waals surface area contributed by atoms with Crippen molar-refractivity contribution < 1.29 is 0 Å². The van der Waals surface area contributed by atoms with Crippen molar-refractivity contribution >= 4 is 36.5 Å². The van der Waals surface area contributed by atoms with Crippen LogP contribution < -0.4 is 0 Å². The third-order valence-corrected chi connectivity index (χ3v) is 2.32. The molecule has 4 heteroatoms. The van der Waals surface area contributed by atoms with Crippen molar-refractivity contribution in [3.63, 3.8) is 0 Å². The molecule has 0 atom stereocenters. The largest absolute Gasteiger partial charge is 0.173 e. The molecule has 56 valence electrons. The van der Waals surface area contributed by atoms with Crippen molar-refractivity contribution in [3.8, 4) is 0 Å². The lowest BCUT2D eigenvalue weighted by Gasteiger charge is -1.87. The first-order valence-electron chi connectivity index (χ1n) is 3.25. The van der Waals surface area contributed by atoms with Crippen LogP contribution in [0.3, 0.4) is 0 Å². The van der Waals surface area contributed by atoms with Gasteiger partial charge in [-0.05, 0) is 23.5 Å². The van der Waals surface area contributed by atoms with Gasteiger partial charge in [0.15, 0.2) is 0 Å². The molecule has 0 amide bonds. The molecular weight excluding hydrogens is 176 g/mol. The zero-order valence-electron chi connectivity index (χ0n) is 5.69. The summed E-state index contributed by atoms with van der Waals surface area (Å²) in [5.41, 5.74) is 1.90. The molecule has 0 bridgehead atoms. The maximum atomic E-state index is 4.28.